The Hall–Kier alpha value is -1.26. The number of ether oxygens (including phenoxy) is 2. The Kier molecular flexibility index (Phi) is 4.66. The molecule has 1 amide bonds. The van der Waals surface area contributed by atoms with Crippen molar-refractivity contribution in [1.29, 1.82) is 0 Å². The number of morpholine rings is 1. The fraction of sp³-hybridized carbons (Fsp3) is 0.500. The third-order valence-corrected chi connectivity index (χ3v) is 3.53. The number of benzene rings is 1. The van der Waals surface area contributed by atoms with Gasteiger partial charge < -0.3 is 14.4 Å². The average molecular weight is 284 g/mol. The van der Waals surface area contributed by atoms with E-state index in [0.29, 0.717) is 36.9 Å². The smallest absolute Gasteiger partial charge is 0.257 e. The van der Waals surface area contributed by atoms with Crippen LogP contribution in [-0.4, -0.2) is 49.6 Å². The van der Waals surface area contributed by atoms with Crippen molar-refractivity contribution >= 4 is 17.5 Å². The Labute approximate surface area is 118 Å². The fourth-order valence-corrected chi connectivity index (χ4v) is 2.34. The van der Waals surface area contributed by atoms with Gasteiger partial charge >= 0.3 is 0 Å². The second kappa shape index (κ2) is 6.26. The lowest BCUT2D eigenvalue weighted by molar-refractivity contribution is -0.0109. The molecule has 0 saturated carbocycles. The summed E-state index contributed by atoms with van der Waals surface area (Å²) in [7, 11) is 1.57. The minimum atomic E-state index is -0.0878. The number of hydrogen-bond donors (Lipinski definition) is 0. The summed E-state index contributed by atoms with van der Waals surface area (Å²) in [6.45, 7) is 3.59. The van der Waals surface area contributed by atoms with Gasteiger partial charge in [0, 0.05) is 13.1 Å². The molecule has 0 aromatic heterocycles. The van der Waals surface area contributed by atoms with E-state index in [4.69, 9.17) is 21.1 Å². The number of carbonyl (C=O) groups is 1. The molecule has 104 valence electrons. The van der Waals surface area contributed by atoms with Crippen LogP contribution >= 0.6 is 11.6 Å². The highest BCUT2D eigenvalue weighted by Gasteiger charge is 2.26. The first-order valence-electron chi connectivity index (χ1n) is 6.27. The molecule has 0 radical (unpaired) electrons. The van der Waals surface area contributed by atoms with Gasteiger partial charge in [-0.25, -0.2) is 0 Å². The van der Waals surface area contributed by atoms with Crippen molar-refractivity contribution in [3.8, 4) is 5.75 Å². The van der Waals surface area contributed by atoms with Crippen molar-refractivity contribution in [3.63, 3.8) is 0 Å². The van der Waals surface area contributed by atoms with Crippen LogP contribution in [0.25, 0.3) is 0 Å². The number of nitrogens with zero attached hydrogens (tertiary/aromatic N) is 1. The number of methoxy groups -OCH3 is 1. The molecule has 1 unspecified atom stereocenters. The van der Waals surface area contributed by atoms with Gasteiger partial charge in [0.25, 0.3) is 5.91 Å². The first-order chi connectivity index (χ1) is 9.15. The van der Waals surface area contributed by atoms with E-state index in [1.807, 2.05) is 25.1 Å². The van der Waals surface area contributed by atoms with E-state index in [1.165, 1.54) is 0 Å². The van der Waals surface area contributed by atoms with Gasteiger partial charge in [-0.05, 0) is 19.1 Å². The molecule has 1 saturated heterocycles. The minimum absolute atomic E-state index is 0.0287. The second-order valence-corrected chi connectivity index (χ2v) is 4.91. The lowest BCUT2D eigenvalue weighted by Crippen LogP contribution is -2.46. The Morgan fingerprint density at radius 2 is 2.37 bits per heavy atom. The monoisotopic (exact) mass is 283 g/mol. The van der Waals surface area contributed by atoms with E-state index in [2.05, 4.69) is 0 Å². The van der Waals surface area contributed by atoms with Gasteiger partial charge in [-0.2, -0.15) is 0 Å². The Bertz CT molecular complexity index is 464. The molecule has 1 heterocycles. The maximum Gasteiger partial charge on any atom is 0.257 e. The van der Waals surface area contributed by atoms with Crippen LogP contribution < -0.4 is 4.74 Å². The highest BCUT2D eigenvalue weighted by molar-refractivity contribution is 6.18. The zero-order chi connectivity index (χ0) is 13.8. The number of aryl methyl sites for hydroxylation is 1. The molecule has 5 heteroatoms. The molecule has 1 atom stereocenters. The normalized spacial score (nSPS) is 19.3. The maximum absolute atomic E-state index is 12.5. The number of hydrogen-bond acceptors (Lipinski definition) is 3. The number of alkyl halides is 1. The predicted molar refractivity (Wildman–Crippen MR) is 74.1 cm³/mol. The fourth-order valence-electron chi connectivity index (χ4n) is 2.16. The molecule has 1 aromatic rings. The lowest BCUT2D eigenvalue weighted by Gasteiger charge is -2.32. The quantitative estimate of drug-likeness (QED) is 0.798. The second-order valence-electron chi connectivity index (χ2n) is 4.60. The molecule has 0 spiro atoms. The van der Waals surface area contributed by atoms with Crippen LogP contribution in [0.1, 0.15) is 15.9 Å². The van der Waals surface area contributed by atoms with Crippen molar-refractivity contribution in [2.45, 2.75) is 13.0 Å². The minimum Gasteiger partial charge on any atom is -0.496 e. The molecule has 0 aliphatic carbocycles. The zero-order valence-electron chi connectivity index (χ0n) is 11.2. The van der Waals surface area contributed by atoms with Crippen molar-refractivity contribution in [2.24, 2.45) is 0 Å². The summed E-state index contributed by atoms with van der Waals surface area (Å²) in [6.07, 6.45) is -0.0878. The molecule has 1 fully saturated rings. The van der Waals surface area contributed by atoms with Gasteiger partial charge in [-0.3, -0.25) is 4.79 Å². The number of carbonyl (C=O) groups excluding carboxylic acids is 1. The van der Waals surface area contributed by atoms with Crippen LogP contribution in [0.2, 0.25) is 0 Å². The molecule has 2 rings (SSSR count). The van der Waals surface area contributed by atoms with Gasteiger partial charge in [0.1, 0.15) is 5.75 Å². The Balaban J connectivity index is 2.21. The summed E-state index contributed by atoms with van der Waals surface area (Å²) in [6, 6.07) is 5.60. The molecular weight excluding hydrogens is 266 g/mol. The average Bonchev–Trinajstić information content (AvgIpc) is 2.46. The molecule has 1 aliphatic heterocycles. The topological polar surface area (TPSA) is 38.8 Å². The van der Waals surface area contributed by atoms with Crippen LogP contribution in [-0.2, 0) is 4.74 Å². The summed E-state index contributed by atoms with van der Waals surface area (Å²) >= 11 is 5.79. The molecule has 1 aromatic carbocycles. The summed E-state index contributed by atoms with van der Waals surface area (Å²) in [5.41, 5.74) is 1.63. The Morgan fingerprint density at radius 3 is 3.05 bits per heavy atom. The van der Waals surface area contributed by atoms with Gasteiger partial charge in [-0.15, -0.1) is 11.6 Å². The van der Waals surface area contributed by atoms with Crippen LogP contribution in [0.3, 0.4) is 0 Å². The number of halogens is 1. The van der Waals surface area contributed by atoms with Crippen LogP contribution in [0.15, 0.2) is 18.2 Å². The van der Waals surface area contributed by atoms with Crippen molar-refractivity contribution < 1.29 is 14.3 Å². The first kappa shape index (κ1) is 14.2. The zero-order valence-corrected chi connectivity index (χ0v) is 11.9. The standard InChI is InChI=1S/C14H18ClNO3/c1-10-3-4-13(18-2)12(7-10)14(17)16-5-6-19-11(8-15)9-16/h3-4,7,11H,5-6,8-9H2,1-2H3. The van der Waals surface area contributed by atoms with Gasteiger partial charge in [0.15, 0.2) is 0 Å². The van der Waals surface area contributed by atoms with E-state index in [0.717, 1.165) is 5.56 Å². The van der Waals surface area contributed by atoms with E-state index >= 15 is 0 Å². The van der Waals surface area contributed by atoms with E-state index in [9.17, 15) is 4.79 Å². The molecular formula is C14H18ClNO3. The largest absolute Gasteiger partial charge is 0.496 e. The van der Waals surface area contributed by atoms with Crippen LogP contribution in [0, 0.1) is 6.92 Å². The molecule has 0 bridgehead atoms. The summed E-state index contributed by atoms with van der Waals surface area (Å²) < 4.78 is 10.7. The highest BCUT2D eigenvalue weighted by atomic mass is 35.5. The molecule has 4 nitrogen and oxygen atoms in total. The summed E-state index contributed by atoms with van der Waals surface area (Å²) in [4.78, 5) is 14.3. The van der Waals surface area contributed by atoms with Crippen LogP contribution in [0.4, 0.5) is 0 Å². The number of amides is 1. The van der Waals surface area contributed by atoms with Crippen LogP contribution in [0.5, 0.6) is 5.75 Å². The molecule has 1 aliphatic rings. The van der Waals surface area contributed by atoms with Crippen molar-refractivity contribution in [3.05, 3.63) is 29.3 Å². The third-order valence-electron chi connectivity index (χ3n) is 3.18. The SMILES string of the molecule is COc1ccc(C)cc1C(=O)N1CCOC(CCl)C1. The van der Waals surface area contributed by atoms with E-state index in [-0.39, 0.29) is 12.0 Å². The van der Waals surface area contributed by atoms with Gasteiger partial charge in [0.2, 0.25) is 0 Å². The molecule has 0 N–H and O–H groups in total. The third kappa shape index (κ3) is 3.19. The lowest BCUT2D eigenvalue weighted by atomic mass is 10.1. The maximum atomic E-state index is 12.5. The summed E-state index contributed by atoms with van der Waals surface area (Å²) in [5.74, 6) is 0.970. The highest BCUT2D eigenvalue weighted by Crippen LogP contribution is 2.22. The van der Waals surface area contributed by atoms with E-state index < -0.39 is 0 Å². The molecule has 19 heavy (non-hydrogen) atoms. The van der Waals surface area contributed by atoms with Gasteiger partial charge in [-0.1, -0.05) is 11.6 Å². The Morgan fingerprint density at radius 1 is 1.58 bits per heavy atom. The van der Waals surface area contributed by atoms with Gasteiger partial charge in [0.05, 0.1) is 31.3 Å². The van der Waals surface area contributed by atoms with Crippen molar-refractivity contribution in [1.82, 2.24) is 4.90 Å². The van der Waals surface area contributed by atoms with E-state index in [1.54, 1.807) is 12.0 Å². The predicted octanol–water partition coefficient (Wildman–Crippen LogP) is 2.08. The summed E-state index contributed by atoms with van der Waals surface area (Å²) in [5, 5.41) is 0. The number of rotatable bonds is 3. The van der Waals surface area contributed by atoms with Crippen molar-refractivity contribution in [2.75, 3.05) is 32.7 Å². The first-order valence-corrected chi connectivity index (χ1v) is 6.80.